The molecule has 0 aromatic carbocycles. The van der Waals surface area contributed by atoms with E-state index < -0.39 is 10.2 Å². The second-order valence-corrected chi connectivity index (χ2v) is 4.79. The summed E-state index contributed by atoms with van der Waals surface area (Å²) in [6.45, 7) is 8.25. The summed E-state index contributed by atoms with van der Waals surface area (Å²) in [6, 6.07) is 0. The van der Waals surface area contributed by atoms with Gasteiger partial charge in [-0.2, -0.15) is 12.7 Å². The second-order valence-electron chi connectivity index (χ2n) is 3.03. The maximum atomic E-state index is 11.6. The Hall–Kier alpha value is -0.170. The molecule has 0 aliphatic carbocycles. The van der Waals surface area contributed by atoms with Crippen LogP contribution in [0.2, 0.25) is 0 Å². The first kappa shape index (κ1) is 14.8. The number of rotatable bonds is 9. The fourth-order valence-corrected chi connectivity index (χ4v) is 2.44. The maximum Gasteiger partial charge on any atom is 0.279 e. The van der Waals surface area contributed by atoms with Gasteiger partial charge in [0.05, 0.1) is 0 Å². The van der Waals surface area contributed by atoms with Crippen molar-refractivity contribution < 1.29 is 13.2 Å². The first-order chi connectivity index (χ1) is 7.08. The van der Waals surface area contributed by atoms with Gasteiger partial charge in [0.1, 0.15) is 0 Å². The Morgan fingerprint density at radius 3 is 2.27 bits per heavy atom. The number of nitrogens with zero attached hydrogens (tertiary/aromatic N) is 1. The Morgan fingerprint density at radius 2 is 1.80 bits per heavy atom. The molecule has 0 amide bonds. The molecule has 0 atom stereocenters. The predicted molar refractivity (Wildman–Crippen MR) is 61.0 cm³/mol. The average Bonchev–Trinajstić information content (AvgIpc) is 2.18. The van der Waals surface area contributed by atoms with Gasteiger partial charge in [-0.1, -0.05) is 13.8 Å². The zero-order chi connectivity index (χ0) is 11.7. The molecule has 0 aliphatic heterocycles. The molecule has 0 aliphatic rings. The van der Waals surface area contributed by atoms with Crippen molar-refractivity contribution in [2.24, 2.45) is 0 Å². The van der Waals surface area contributed by atoms with E-state index in [2.05, 4.69) is 4.72 Å². The van der Waals surface area contributed by atoms with Gasteiger partial charge in [0.25, 0.3) is 10.2 Å². The number of ether oxygens (including phenoxy) is 1. The molecule has 0 heterocycles. The Kier molecular flexibility index (Phi) is 7.95. The fourth-order valence-electron chi connectivity index (χ4n) is 1.17. The van der Waals surface area contributed by atoms with Crippen molar-refractivity contribution in [3.8, 4) is 0 Å². The third-order valence-electron chi connectivity index (χ3n) is 2.00. The molecular formula is C9H22N2O3S. The minimum atomic E-state index is -3.28. The van der Waals surface area contributed by atoms with Crippen LogP contribution in [0.5, 0.6) is 0 Å². The summed E-state index contributed by atoms with van der Waals surface area (Å²) < 4.78 is 32.2. The molecule has 0 saturated carbocycles. The SMILES string of the molecule is CCOCCCNS(=O)(=O)N(CC)CC. The second kappa shape index (κ2) is 8.04. The van der Waals surface area contributed by atoms with Crippen molar-refractivity contribution in [1.82, 2.24) is 9.03 Å². The molecule has 0 rings (SSSR count). The molecule has 0 aromatic heterocycles. The third-order valence-corrected chi connectivity index (χ3v) is 3.76. The van der Waals surface area contributed by atoms with Crippen LogP contribution in [0.15, 0.2) is 0 Å². The normalized spacial score (nSPS) is 12.3. The van der Waals surface area contributed by atoms with Crippen molar-refractivity contribution >= 4 is 10.2 Å². The van der Waals surface area contributed by atoms with Crippen molar-refractivity contribution in [2.45, 2.75) is 27.2 Å². The molecule has 6 heteroatoms. The molecule has 0 fully saturated rings. The molecule has 0 aromatic rings. The van der Waals surface area contributed by atoms with Crippen molar-refractivity contribution in [2.75, 3.05) is 32.8 Å². The molecule has 15 heavy (non-hydrogen) atoms. The van der Waals surface area contributed by atoms with Gasteiger partial charge < -0.3 is 4.74 Å². The van der Waals surface area contributed by atoms with Crippen LogP contribution in [0.1, 0.15) is 27.2 Å². The lowest BCUT2D eigenvalue weighted by atomic mass is 10.5. The number of hydrogen-bond acceptors (Lipinski definition) is 3. The van der Waals surface area contributed by atoms with E-state index in [4.69, 9.17) is 4.74 Å². The highest BCUT2D eigenvalue weighted by Gasteiger charge is 2.16. The molecule has 0 saturated heterocycles. The monoisotopic (exact) mass is 238 g/mol. The van der Waals surface area contributed by atoms with Gasteiger partial charge in [-0.15, -0.1) is 0 Å². The fraction of sp³-hybridized carbons (Fsp3) is 1.00. The highest BCUT2D eigenvalue weighted by atomic mass is 32.2. The number of nitrogens with one attached hydrogen (secondary N) is 1. The van der Waals surface area contributed by atoms with Crippen molar-refractivity contribution in [1.29, 1.82) is 0 Å². The lowest BCUT2D eigenvalue weighted by molar-refractivity contribution is 0.146. The summed E-state index contributed by atoms with van der Waals surface area (Å²) in [5.74, 6) is 0. The van der Waals surface area contributed by atoms with E-state index in [0.29, 0.717) is 39.3 Å². The summed E-state index contributed by atoms with van der Waals surface area (Å²) in [5, 5.41) is 0. The molecule has 0 spiro atoms. The van der Waals surface area contributed by atoms with E-state index in [1.807, 2.05) is 20.8 Å². The zero-order valence-electron chi connectivity index (χ0n) is 9.82. The van der Waals surface area contributed by atoms with E-state index >= 15 is 0 Å². The van der Waals surface area contributed by atoms with E-state index in [-0.39, 0.29) is 0 Å². The van der Waals surface area contributed by atoms with Crippen molar-refractivity contribution in [3.05, 3.63) is 0 Å². The molecule has 0 unspecified atom stereocenters. The van der Waals surface area contributed by atoms with E-state index in [0.717, 1.165) is 0 Å². The van der Waals surface area contributed by atoms with Gasteiger partial charge in [-0.25, -0.2) is 4.72 Å². The maximum absolute atomic E-state index is 11.6. The highest BCUT2D eigenvalue weighted by Crippen LogP contribution is 1.96. The molecule has 0 bridgehead atoms. The van der Waals surface area contributed by atoms with Gasteiger partial charge in [0, 0.05) is 32.8 Å². The van der Waals surface area contributed by atoms with E-state index in [1.54, 1.807) is 0 Å². The Bertz CT molecular complexity index is 238. The Balaban J connectivity index is 3.83. The largest absolute Gasteiger partial charge is 0.382 e. The van der Waals surface area contributed by atoms with E-state index in [1.165, 1.54) is 4.31 Å². The molecule has 5 nitrogen and oxygen atoms in total. The van der Waals surface area contributed by atoms with Gasteiger partial charge >= 0.3 is 0 Å². The number of hydrogen-bond donors (Lipinski definition) is 1. The summed E-state index contributed by atoms with van der Waals surface area (Å²) in [6.07, 6.45) is 0.703. The summed E-state index contributed by atoms with van der Waals surface area (Å²) in [5.41, 5.74) is 0. The minimum absolute atomic E-state index is 0.429. The average molecular weight is 238 g/mol. The van der Waals surface area contributed by atoms with Crippen LogP contribution in [0, 0.1) is 0 Å². The topological polar surface area (TPSA) is 58.6 Å². The molecular weight excluding hydrogens is 216 g/mol. The highest BCUT2D eigenvalue weighted by molar-refractivity contribution is 7.87. The summed E-state index contributed by atoms with van der Waals surface area (Å²) in [4.78, 5) is 0. The Morgan fingerprint density at radius 1 is 1.20 bits per heavy atom. The van der Waals surface area contributed by atoms with Crippen LogP contribution in [0.3, 0.4) is 0 Å². The smallest absolute Gasteiger partial charge is 0.279 e. The van der Waals surface area contributed by atoms with Gasteiger partial charge in [0.15, 0.2) is 0 Å². The zero-order valence-corrected chi connectivity index (χ0v) is 10.6. The lowest BCUT2D eigenvalue weighted by Crippen LogP contribution is -2.41. The van der Waals surface area contributed by atoms with Crippen LogP contribution in [0.25, 0.3) is 0 Å². The third kappa shape index (κ3) is 6.09. The quantitative estimate of drug-likeness (QED) is 0.598. The first-order valence-corrected chi connectivity index (χ1v) is 6.84. The van der Waals surface area contributed by atoms with Crippen molar-refractivity contribution in [3.63, 3.8) is 0 Å². The lowest BCUT2D eigenvalue weighted by Gasteiger charge is -2.18. The molecule has 92 valence electrons. The minimum Gasteiger partial charge on any atom is -0.382 e. The van der Waals surface area contributed by atoms with Gasteiger partial charge in [-0.05, 0) is 13.3 Å². The van der Waals surface area contributed by atoms with Crippen LogP contribution in [-0.4, -0.2) is 45.6 Å². The predicted octanol–water partition coefficient (Wildman–Crippen LogP) is 0.589. The van der Waals surface area contributed by atoms with E-state index in [9.17, 15) is 8.42 Å². The summed E-state index contributed by atoms with van der Waals surface area (Å²) >= 11 is 0. The molecule has 0 radical (unpaired) electrons. The van der Waals surface area contributed by atoms with Crippen LogP contribution in [0.4, 0.5) is 0 Å². The van der Waals surface area contributed by atoms with Gasteiger partial charge in [0.2, 0.25) is 0 Å². The van der Waals surface area contributed by atoms with Crippen LogP contribution >= 0.6 is 0 Å². The van der Waals surface area contributed by atoms with Gasteiger partial charge in [-0.3, -0.25) is 0 Å². The standard InChI is InChI=1S/C9H22N2O3S/c1-4-11(5-2)15(12,13)10-8-7-9-14-6-3/h10H,4-9H2,1-3H3. The van der Waals surface area contributed by atoms with Crippen LogP contribution in [-0.2, 0) is 14.9 Å². The first-order valence-electron chi connectivity index (χ1n) is 5.40. The Labute approximate surface area is 93.0 Å². The molecule has 1 N–H and O–H groups in total. The summed E-state index contributed by atoms with van der Waals surface area (Å²) in [7, 11) is -3.28. The van der Waals surface area contributed by atoms with Crippen LogP contribution < -0.4 is 4.72 Å².